The van der Waals surface area contributed by atoms with Crippen LogP contribution < -0.4 is 5.73 Å². The molecule has 20 heavy (non-hydrogen) atoms. The van der Waals surface area contributed by atoms with E-state index in [9.17, 15) is 8.42 Å². The number of sulfonamides is 1. The monoisotopic (exact) mass is 380 g/mol. The van der Waals surface area contributed by atoms with E-state index >= 15 is 0 Å². The Labute approximate surface area is 133 Å². The van der Waals surface area contributed by atoms with Gasteiger partial charge in [0.05, 0.1) is 5.02 Å². The molecule has 1 aromatic carbocycles. The molecule has 0 radical (unpaired) electrons. The molecule has 1 aromatic rings. The number of nitrogens with two attached hydrogens (primary N) is 1. The Morgan fingerprint density at radius 2 is 2.20 bits per heavy atom. The van der Waals surface area contributed by atoms with E-state index in [2.05, 4.69) is 15.9 Å². The number of halogens is 2. The summed E-state index contributed by atoms with van der Waals surface area (Å²) in [7, 11) is -3.60. The van der Waals surface area contributed by atoms with Gasteiger partial charge in [-0.25, -0.2) is 8.42 Å². The van der Waals surface area contributed by atoms with Crippen LogP contribution in [0.5, 0.6) is 0 Å². The lowest BCUT2D eigenvalue weighted by Gasteiger charge is -2.38. The maximum atomic E-state index is 12.8. The molecular formula is C13H18BrClN2O2S. The Bertz CT molecular complexity index is 594. The molecule has 7 heteroatoms. The van der Waals surface area contributed by atoms with E-state index in [4.69, 9.17) is 17.3 Å². The van der Waals surface area contributed by atoms with Crippen molar-refractivity contribution >= 4 is 37.6 Å². The first-order valence-electron chi connectivity index (χ1n) is 6.55. The van der Waals surface area contributed by atoms with Gasteiger partial charge in [-0.05, 0) is 37.0 Å². The molecule has 1 aliphatic rings. The van der Waals surface area contributed by atoms with Gasteiger partial charge >= 0.3 is 0 Å². The van der Waals surface area contributed by atoms with E-state index in [1.165, 1.54) is 10.4 Å². The predicted molar refractivity (Wildman–Crippen MR) is 84.3 cm³/mol. The van der Waals surface area contributed by atoms with Crippen molar-refractivity contribution in [2.24, 2.45) is 11.7 Å². The third kappa shape index (κ3) is 3.04. The molecule has 1 saturated heterocycles. The highest BCUT2D eigenvalue weighted by Crippen LogP contribution is 2.32. The second-order valence-corrected chi connectivity index (χ2v) is 8.29. The first kappa shape index (κ1) is 16.2. The van der Waals surface area contributed by atoms with Gasteiger partial charge in [0.2, 0.25) is 10.0 Å². The standard InChI is InChI=1S/C13H18BrClN2O2S/c1-9-3-2-6-17(12(9)8-16)20(18,19)13-5-4-10(14)7-11(13)15/h4-5,7,9,12H,2-3,6,8,16H2,1H3. The lowest BCUT2D eigenvalue weighted by Crippen LogP contribution is -2.51. The zero-order valence-corrected chi connectivity index (χ0v) is 14.4. The van der Waals surface area contributed by atoms with Crippen LogP contribution in [-0.4, -0.2) is 31.9 Å². The molecule has 0 bridgehead atoms. The first-order chi connectivity index (χ1) is 9.37. The fourth-order valence-electron chi connectivity index (χ4n) is 2.67. The summed E-state index contributed by atoms with van der Waals surface area (Å²) in [4.78, 5) is 0.148. The number of hydrogen-bond donors (Lipinski definition) is 1. The summed E-state index contributed by atoms with van der Waals surface area (Å²) in [6.45, 7) is 2.87. The van der Waals surface area contributed by atoms with Crippen LogP contribution in [0.25, 0.3) is 0 Å². The third-order valence-electron chi connectivity index (χ3n) is 3.79. The summed E-state index contributed by atoms with van der Waals surface area (Å²) < 4.78 is 27.9. The number of rotatable bonds is 3. The molecule has 0 aliphatic carbocycles. The maximum Gasteiger partial charge on any atom is 0.244 e. The zero-order chi connectivity index (χ0) is 14.9. The van der Waals surface area contributed by atoms with Gasteiger partial charge in [-0.1, -0.05) is 34.5 Å². The van der Waals surface area contributed by atoms with Crippen molar-refractivity contribution in [1.82, 2.24) is 4.31 Å². The molecule has 112 valence electrons. The third-order valence-corrected chi connectivity index (χ3v) is 6.69. The largest absolute Gasteiger partial charge is 0.329 e. The molecule has 2 N–H and O–H groups in total. The van der Waals surface area contributed by atoms with Crippen LogP contribution in [0.15, 0.2) is 27.6 Å². The van der Waals surface area contributed by atoms with Crippen LogP contribution in [0, 0.1) is 5.92 Å². The number of nitrogens with zero attached hydrogens (tertiary/aromatic N) is 1. The molecule has 4 nitrogen and oxygen atoms in total. The van der Waals surface area contributed by atoms with E-state index in [0.29, 0.717) is 13.1 Å². The lowest BCUT2D eigenvalue weighted by molar-refractivity contribution is 0.192. The van der Waals surface area contributed by atoms with Crippen molar-refractivity contribution in [2.75, 3.05) is 13.1 Å². The minimum absolute atomic E-state index is 0.148. The molecule has 2 atom stereocenters. The highest BCUT2D eigenvalue weighted by atomic mass is 79.9. The van der Waals surface area contributed by atoms with Gasteiger partial charge < -0.3 is 5.73 Å². The van der Waals surface area contributed by atoms with Gasteiger partial charge in [0.1, 0.15) is 4.90 Å². The minimum atomic E-state index is -3.60. The SMILES string of the molecule is CC1CCCN(S(=O)(=O)c2ccc(Br)cc2Cl)C1CN. The van der Waals surface area contributed by atoms with Gasteiger partial charge in [0.25, 0.3) is 0 Å². The maximum absolute atomic E-state index is 12.8. The topological polar surface area (TPSA) is 63.4 Å². The molecular weight excluding hydrogens is 364 g/mol. The summed E-state index contributed by atoms with van der Waals surface area (Å²) in [6.07, 6.45) is 1.85. The van der Waals surface area contributed by atoms with Crippen molar-refractivity contribution in [3.63, 3.8) is 0 Å². The van der Waals surface area contributed by atoms with Crippen molar-refractivity contribution in [1.29, 1.82) is 0 Å². The van der Waals surface area contributed by atoms with Crippen LogP contribution in [0.3, 0.4) is 0 Å². The summed E-state index contributed by atoms with van der Waals surface area (Å²) in [6, 6.07) is 4.66. The molecule has 2 rings (SSSR count). The Morgan fingerprint density at radius 1 is 1.50 bits per heavy atom. The van der Waals surface area contributed by atoms with Crippen LogP contribution in [0.2, 0.25) is 5.02 Å². The van der Waals surface area contributed by atoms with Crippen LogP contribution in [0.1, 0.15) is 19.8 Å². The minimum Gasteiger partial charge on any atom is -0.329 e. The molecule has 1 fully saturated rings. The normalized spacial score (nSPS) is 24.8. The summed E-state index contributed by atoms with van der Waals surface area (Å²) in [5, 5.41) is 0.230. The van der Waals surface area contributed by atoms with Crippen molar-refractivity contribution < 1.29 is 8.42 Å². The predicted octanol–water partition coefficient (Wildman–Crippen LogP) is 2.85. The van der Waals surface area contributed by atoms with E-state index in [0.717, 1.165) is 17.3 Å². The zero-order valence-electron chi connectivity index (χ0n) is 11.2. The molecule has 1 heterocycles. The van der Waals surface area contributed by atoms with E-state index in [-0.39, 0.29) is 21.9 Å². The summed E-state index contributed by atoms with van der Waals surface area (Å²) >= 11 is 9.37. The summed E-state index contributed by atoms with van der Waals surface area (Å²) in [5.41, 5.74) is 5.77. The van der Waals surface area contributed by atoms with Crippen LogP contribution in [-0.2, 0) is 10.0 Å². The van der Waals surface area contributed by atoms with Gasteiger partial charge in [-0.2, -0.15) is 4.31 Å². The van der Waals surface area contributed by atoms with Gasteiger partial charge in [-0.15, -0.1) is 0 Å². The van der Waals surface area contributed by atoms with E-state index < -0.39 is 10.0 Å². The second-order valence-electron chi connectivity index (χ2n) is 5.11. The molecule has 0 aromatic heterocycles. The molecule has 2 unspecified atom stereocenters. The number of benzene rings is 1. The highest BCUT2D eigenvalue weighted by molar-refractivity contribution is 9.10. The van der Waals surface area contributed by atoms with Crippen molar-refractivity contribution in [3.05, 3.63) is 27.7 Å². The molecule has 0 saturated carbocycles. The smallest absolute Gasteiger partial charge is 0.244 e. The molecule has 1 aliphatic heterocycles. The Balaban J connectivity index is 2.43. The van der Waals surface area contributed by atoms with Crippen molar-refractivity contribution in [2.45, 2.75) is 30.7 Å². The Kier molecular flexibility index (Phi) is 5.13. The Hall–Kier alpha value is -0.140. The fraction of sp³-hybridized carbons (Fsp3) is 0.538. The van der Waals surface area contributed by atoms with E-state index in [1.807, 2.05) is 6.92 Å². The quantitative estimate of drug-likeness (QED) is 0.875. The average molecular weight is 382 g/mol. The Morgan fingerprint density at radius 3 is 2.80 bits per heavy atom. The molecule has 0 spiro atoms. The van der Waals surface area contributed by atoms with Gasteiger partial charge in [0, 0.05) is 23.6 Å². The number of hydrogen-bond acceptors (Lipinski definition) is 3. The second kappa shape index (κ2) is 6.32. The molecule has 0 amide bonds. The van der Waals surface area contributed by atoms with Gasteiger partial charge in [0.15, 0.2) is 0 Å². The van der Waals surface area contributed by atoms with Crippen LogP contribution >= 0.6 is 27.5 Å². The lowest BCUT2D eigenvalue weighted by atomic mass is 9.93. The average Bonchev–Trinajstić information content (AvgIpc) is 2.37. The first-order valence-corrected chi connectivity index (χ1v) is 9.16. The van der Waals surface area contributed by atoms with Crippen molar-refractivity contribution in [3.8, 4) is 0 Å². The summed E-state index contributed by atoms with van der Waals surface area (Å²) in [5.74, 6) is 0.262. The van der Waals surface area contributed by atoms with Gasteiger partial charge in [-0.3, -0.25) is 0 Å². The fourth-order valence-corrected chi connectivity index (χ4v) is 5.45. The highest BCUT2D eigenvalue weighted by Gasteiger charge is 2.37. The van der Waals surface area contributed by atoms with Crippen LogP contribution in [0.4, 0.5) is 0 Å². The number of piperidine rings is 1. The van der Waals surface area contributed by atoms with E-state index in [1.54, 1.807) is 12.1 Å².